The highest BCUT2D eigenvalue weighted by molar-refractivity contribution is 5.69. The van der Waals surface area contributed by atoms with E-state index in [1.807, 2.05) is 0 Å². The molecule has 30 heavy (non-hydrogen) atoms. The van der Waals surface area contributed by atoms with Crippen LogP contribution in [0, 0.1) is 0 Å². The fourth-order valence-corrected chi connectivity index (χ4v) is 3.68. The number of carbonyl (C=O) groups is 1. The van der Waals surface area contributed by atoms with E-state index in [1.54, 1.807) is 0 Å². The SMILES string of the molecule is CCCCCCCCCCCCCCCC(=O)O[C@@H](C1OCCO1)[C@@H](O)[C@H](O)CO. The normalized spacial score (nSPS) is 17.7. The molecule has 0 spiro atoms. The van der Waals surface area contributed by atoms with E-state index < -0.39 is 37.2 Å². The van der Waals surface area contributed by atoms with E-state index in [0.29, 0.717) is 13.2 Å². The minimum absolute atomic E-state index is 0.253. The molecule has 0 aromatic rings. The van der Waals surface area contributed by atoms with Gasteiger partial charge in [-0.25, -0.2) is 0 Å². The lowest BCUT2D eigenvalue weighted by Gasteiger charge is -2.29. The van der Waals surface area contributed by atoms with Crippen LogP contribution in [0.2, 0.25) is 0 Å². The van der Waals surface area contributed by atoms with Gasteiger partial charge < -0.3 is 29.5 Å². The van der Waals surface area contributed by atoms with E-state index in [0.717, 1.165) is 19.3 Å². The molecule has 3 N–H and O–H groups in total. The molecule has 1 aliphatic heterocycles. The van der Waals surface area contributed by atoms with Crippen LogP contribution in [0.5, 0.6) is 0 Å². The molecular weight excluding hydrogens is 388 g/mol. The summed E-state index contributed by atoms with van der Waals surface area (Å²) in [6.07, 6.45) is 11.3. The van der Waals surface area contributed by atoms with Gasteiger partial charge >= 0.3 is 5.97 Å². The summed E-state index contributed by atoms with van der Waals surface area (Å²) in [6.45, 7) is 2.27. The molecule has 0 aromatic heterocycles. The lowest BCUT2D eigenvalue weighted by Crippen LogP contribution is -2.48. The molecule has 1 heterocycles. The predicted molar refractivity (Wildman–Crippen MR) is 115 cm³/mol. The number of aliphatic hydroxyl groups is 3. The van der Waals surface area contributed by atoms with Crippen molar-refractivity contribution in [3.05, 3.63) is 0 Å². The second kappa shape index (κ2) is 17.9. The van der Waals surface area contributed by atoms with Crippen LogP contribution in [-0.4, -0.2) is 65.7 Å². The Kier molecular flexibility index (Phi) is 16.3. The molecule has 0 aliphatic carbocycles. The third-order valence-corrected chi connectivity index (χ3v) is 5.59. The molecule has 0 unspecified atom stereocenters. The summed E-state index contributed by atoms with van der Waals surface area (Å²) in [7, 11) is 0. The molecule has 0 aromatic carbocycles. The van der Waals surface area contributed by atoms with Crippen LogP contribution in [0.25, 0.3) is 0 Å². The first-order chi connectivity index (χ1) is 14.6. The molecule has 0 radical (unpaired) electrons. The van der Waals surface area contributed by atoms with Crippen LogP contribution in [0.3, 0.4) is 0 Å². The molecule has 0 saturated carbocycles. The minimum Gasteiger partial charge on any atom is -0.454 e. The van der Waals surface area contributed by atoms with Crippen LogP contribution < -0.4 is 0 Å². The Morgan fingerprint density at radius 2 is 1.33 bits per heavy atom. The molecule has 178 valence electrons. The van der Waals surface area contributed by atoms with Crippen molar-refractivity contribution in [3.8, 4) is 0 Å². The maximum atomic E-state index is 12.1. The fraction of sp³-hybridized carbons (Fsp3) is 0.957. The van der Waals surface area contributed by atoms with Gasteiger partial charge in [0, 0.05) is 6.42 Å². The first kappa shape index (κ1) is 27.3. The van der Waals surface area contributed by atoms with Gasteiger partial charge in [-0.15, -0.1) is 0 Å². The van der Waals surface area contributed by atoms with Crippen molar-refractivity contribution in [2.24, 2.45) is 0 Å². The molecular formula is C23H44O7. The van der Waals surface area contributed by atoms with Gasteiger partial charge in [0.1, 0.15) is 12.2 Å². The number of rotatable bonds is 19. The third kappa shape index (κ3) is 12.2. The number of hydrogen-bond donors (Lipinski definition) is 3. The van der Waals surface area contributed by atoms with Gasteiger partial charge in [0.05, 0.1) is 19.8 Å². The Morgan fingerprint density at radius 3 is 1.80 bits per heavy atom. The highest BCUT2D eigenvalue weighted by atomic mass is 16.7. The zero-order chi connectivity index (χ0) is 22.0. The first-order valence-electron chi connectivity index (χ1n) is 12.0. The second-order valence-corrected chi connectivity index (χ2v) is 8.30. The van der Waals surface area contributed by atoms with Crippen molar-refractivity contribution < 1.29 is 34.3 Å². The van der Waals surface area contributed by atoms with Crippen molar-refractivity contribution in [3.63, 3.8) is 0 Å². The summed E-state index contributed by atoms with van der Waals surface area (Å²) in [5, 5.41) is 28.8. The summed E-state index contributed by atoms with van der Waals surface area (Å²) in [5.41, 5.74) is 0. The predicted octanol–water partition coefficient (Wildman–Crippen LogP) is 3.47. The number of carbonyl (C=O) groups excluding carboxylic acids is 1. The molecule has 1 saturated heterocycles. The maximum Gasteiger partial charge on any atom is 0.306 e. The van der Waals surface area contributed by atoms with Crippen LogP contribution >= 0.6 is 0 Å². The molecule has 1 rings (SSSR count). The molecule has 7 heteroatoms. The van der Waals surface area contributed by atoms with Gasteiger partial charge in [-0.1, -0.05) is 84.0 Å². The van der Waals surface area contributed by atoms with Crippen molar-refractivity contribution in [1.82, 2.24) is 0 Å². The van der Waals surface area contributed by atoms with E-state index in [1.165, 1.54) is 64.2 Å². The van der Waals surface area contributed by atoms with E-state index in [-0.39, 0.29) is 6.42 Å². The summed E-state index contributed by atoms with van der Waals surface area (Å²) < 4.78 is 15.9. The smallest absolute Gasteiger partial charge is 0.306 e. The van der Waals surface area contributed by atoms with Gasteiger partial charge in [0.25, 0.3) is 0 Å². The summed E-state index contributed by atoms with van der Waals surface area (Å²) >= 11 is 0. The quantitative estimate of drug-likeness (QED) is 0.212. The number of aliphatic hydroxyl groups excluding tert-OH is 3. The zero-order valence-corrected chi connectivity index (χ0v) is 18.8. The zero-order valence-electron chi connectivity index (χ0n) is 18.8. The fourth-order valence-electron chi connectivity index (χ4n) is 3.68. The Bertz CT molecular complexity index is 412. The van der Waals surface area contributed by atoms with Gasteiger partial charge in [-0.2, -0.15) is 0 Å². The average molecular weight is 433 g/mol. The Hall–Kier alpha value is -0.730. The first-order valence-corrected chi connectivity index (χ1v) is 12.0. The van der Waals surface area contributed by atoms with Crippen LogP contribution in [0.1, 0.15) is 96.8 Å². The number of unbranched alkanes of at least 4 members (excludes halogenated alkanes) is 12. The molecule has 7 nitrogen and oxygen atoms in total. The van der Waals surface area contributed by atoms with Crippen LogP contribution in [-0.2, 0) is 19.0 Å². The second-order valence-electron chi connectivity index (χ2n) is 8.30. The highest BCUT2D eigenvalue weighted by Gasteiger charge is 2.39. The number of ether oxygens (including phenoxy) is 3. The van der Waals surface area contributed by atoms with Gasteiger partial charge in [0.2, 0.25) is 0 Å². The van der Waals surface area contributed by atoms with Crippen molar-refractivity contribution >= 4 is 5.97 Å². The summed E-state index contributed by atoms with van der Waals surface area (Å²) in [5.74, 6) is -0.452. The van der Waals surface area contributed by atoms with Gasteiger partial charge in [-0.05, 0) is 6.42 Å². The lowest BCUT2D eigenvalue weighted by molar-refractivity contribution is -0.204. The van der Waals surface area contributed by atoms with Crippen molar-refractivity contribution in [2.45, 2.75) is 121 Å². The number of esters is 1. The van der Waals surface area contributed by atoms with E-state index in [9.17, 15) is 15.0 Å². The molecule has 3 atom stereocenters. The van der Waals surface area contributed by atoms with E-state index in [2.05, 4.69) is 6.92 Å². The largest absolute Gasteiger partial charge is 0.454 e. The minimum atomic E-state index is -1.46. The lowest BCUT2D eigenvalue weighted by atomic mass is 10.0. The summed E-state index contributed by atoms with van der Waals surface area (Å²) in [4.78, 5) is 12.1. The van der Waals surface area contributed by atoms with Crippen LogP contribution in [0.4, 0.5) is 0 Å². The Labute approximate surface area is 182 Å². The van der Waals surface area contributed by atoms with E-state index >= 15 is 0 Å². The molecule has 1 aliphatic rings. The molecule has 0 bridgehead atoms. The average Bonchev–Trinajstić information content (AvgIpc) is 3.28. The Morgan fingerprint density at radius 1 is 0.867 bits per heavy atom. The molecule has 0 amide bonds. The van der Waals surface area contributed by atoms with Gasteiger partial charge in [-0.3, -0.25) is 4.79 Å². The maximum absolute atomic E-state index is 12.1. The topological polar surface area (TPSA) is 105 Å². The van der Waals surface area contributed by atoms with E-state index in [4.69, 9.17) is 19.3 Å². The van der Waals surface area contributed by atoms with Crippen molar-refractivity contribution in [2.75, 3.05) is 19.8 Å². The monoisotopic (exact) mass is 432 g/mol. The Balaban J connectivity index is 2.07. The van der Waals surface area contributed by atoms with Crippen molar-refractivity contribution in [1.29, 1.82) is 0 Å². The third-order valence-electron chi connectivity index (χ3n) is 5.59. The highest BCUT2D eigenvalue weighted by Crippen LogP contribution is 2.19. The molecule has 1 fully saturated rings. The summed E-state index contributed by atoms with van der Waals surface area (Å²) in [6, 6.07) is 0. The van der Waals surface area contributed by atoms with Gasteiger partial charge in [0.15, 0.2) is 12.4 Å². The standard InChI is InChI=1S/C23H44O7/c1-2-3-4-5-6-7-8-9-10-11-12-13-14-15-20(26)30-22(21(27)19(25)18-24)23-28-16-17-29-23/h19,21-25,27H,2-18H2,1H3/t19-,21+,22-/m1/s1. The number of hydrogen-bond acceptors (Lipinski definition) is 7. The van der Waals surface area contributed by atoms with Crippen LogP contribution in [0.15, 0.2) is 0 Å².